The van der Waals surface area contributed by atoms with Crippen LogP contribution in [0.15, 0.2) is 48.5 Å². The number of piperazine rings is 1. The number of para-hydroxylation sites is 1. The molecule has 6 heteroatoms. The van der Waals surface area contributed by atoms with E-state index in [1.54, 1.807) is 14.2 Å². The second-order valence-corrected chi connectivity index (χ2v) is 7.63. The first-order chi connectivity index (χ1) is 14.2. The first kappa shape index (κ1) is 19.6. The average Bonchev–Trinajstić information content (AvgIpc) is 2.78. The Morgan fingerprint density at radius 3 is 2.72 bits per heavy atom. The molecule has 6 nitrogen and oxygen atoms in total. The van der Waals surface area contributed by atoms with Crippen LogP contribution in [0.4, 0.5) is 11.4 Å². The predicted octanol–water partition coefficient (Wildman–Crippen LogP) is 2.33. The maximum absolute atomic E-state index is 13.1. The largest absolute Gasteiger partial charge is 0.497 e. The van der Waals surface area contributed by atoms with Crippen molar-refractivity contribution in [1.29, 1.82) is 0 Å². The van der Waals surface area contributed by atoms with E-state index in [9.17, 15) is 4.79 Å². The van der Waals surface area contributed by atoms with Crippen molar-refractivity contribution in [1.82, 2.24) is 5.32 Å². The summed E-state index contributed by atoms with van der Waals surface area (Å²) in [6.07, 6.45) is 0.738. The number of benzene rings is 2. The van der Waals surface area contributed by atoms with Gasteiger partial charge >= 0.3 is 0 Å². The van der Waals surface area contributed by atoms with E-state index in [4.69, 9.17) is 9.47 Å². The van der Waals surface area contributed by atoms with E-state index in [-0.39, 0.29) is 17.9 Å². The molecule has 0 radical (unpaired) electrons. The van der Waals surface area contributed by atoms with E-state index < -0.39 is 0 Å². The zero-order chi connectivity index (χ0) is 20.2. The molecule has 154 valence electrons. The second kappa shape index (κ2) is 8.74. The number of hydrogen-bond donors (Lipinski definition) is 1. The van der Waals surface area contributed by atoms with Crippen LogP contribution in [0.3, 0.4) is 0 Å². The van der Waals surface area contributed by atoms with Crippen molar-refractivity contribution in [2.24, 2.45) is 5.92 Å². The maximum Gasteiger partial charge on any atom is 0.225 e. The first-order valence-electron chi connectivity index (χ1n) is 10.2. The first-order valence-corrected chi connectivity index (χ1v) is 10.2. The monoisotopic (exact) mass is 395 g/mol. The Morgan fingerprint density at radius 1 is 1.14 bits per heavy atom. The molecule has 0 aliphatic carbocycles. The van der Waals surface area contributed by atoms with Crippen molar-refractivity contribution in [2.45, 2.75) is 12.5 Å². The number of rotatable bonds is 6. The van der Waals surface area contributed by atoms with Crippen molar-refractivity contribution in [2.75, 3.05) is 56.8 Å². The normalized spacial score (nSPS) is 20.6. The molecule has 2 aliphatic heterocycles. The highest BCUT2D eigenvalue weighted by atomic mass is 16.5. The van der Waals surface area contributed by atoms with E-state index in [1.807, 2.05) is 12.1 Å². The molecule has 0 unspecified atom stereocenters. The van der Waals surface area contributed by atoms with Crippen molar-refractivity contribution >= 4 is 17.3 Å². The van der Waals surface area contributed by atoms with Crippen LogP contribution in [-0.2, 0) is 16.0 Å². The Kier molecular flexibility index (Phi) is 5.90. The molecular formula is C23H29N3O3. The highest BCUT2D eigenvalue weighted by molar-refractivity contribution is 5.82. The maximum atomic E-state index is 13.1. The molecule has 0 spiro atoms. The molecule has 2 aromatic rings. The molecule has 1 amide bonds. The molecule has 0 bridgehead atoms. The van der Waals surface area contributed by atoms with Gasteiger partial charge in [0, 0.05) is 50.7 Å². The molecule has 2 atom stereocenters. The molecule has 29 heavy (non-hydrogen) atoms. The van der Waals surface area contributed by atoms with Gasteiger partial charge in [-0.15, -0.1) is 0 Å². The Balaban J connectivity index is 1.62. The third-order valence-electron chi connectivity index (χ3n) is 5.99. The van der Waals surface area contributed by atoms with E-state index in [0.29, 0.717) is 13.2 Å². The van der Waals surface area contributed by atoms with Gasteiger partial charge in [-0.3, -0.25) is 4.79 Å². The summed E-state index contributed by atoms with van der Waals surface area (Å²) in [4.78, 5) is 17.9. The predicted molar refractivity (Wildman–Crippen MR) is 115 cm³/mol. The van der Waals surface area contributed by atoms with Crippen LogP contribution in [0.25, 0.3) is 0 Å². The molecule has 0 aromatic heterocycles. The topological polar surface area (TPSA) is 54.0 Å². The Labute approximate surface area is 172 Å². The van der Waals surface area contributed by atoms with Crippen LogP contribution in [0.1, 0.15) is 5.56 Å². The molecule has 4 rings (SSSR count). The van der Waals surface area contributed by atoms with Crippen molar-refractivity contribution < 1.29 is 14.3 Å². The lowest BCUT2D eigenvalue weighted by Crippen LogP contribution is -2.61. The van der Waals surface area contributed by atoms with Gasteiger partial charge in [-0.25, -0.2) is 0 Å². The van der Waals surface area contributed by atoms with Gasteiger partial charge in [0.1, 0.15) is 5.75 Å². The van der Waals surface area contributed by atoms with Crippen LogP contribution in [0, 0.1) is 5.92 Å². The van der Waals surface area contributed by atoms with E-state index in [2.05, 4.69) is 51.5 Å². The van der Waals surface area contributed by atoms with Crippen LogP contribution in [-0.4, -0.2) is 59.0 Å². The van der Waals surface area contributed by atoms with Gasteiger partial charge in [-0.1, -0.05) is 24.3 Å². The average molecular weight is 396 g/mol. The Morgan fingerprint density at radius 2 is 1.97 bits per heavy atom. The van der Waals surface area contributed by atoms with Gasteiger partial charge in [0.15, 0.2) is 0 Å². The lowest BCUT2D eigenvalue weighted by molar-refractivity contribution is -0.126. The van der Waals surface area contributed by atoms with E-state index in [1.165, 1.54) is 16.9 Å². The third-order valence-corrected chi connectivity index (χ3v) is 5.99. The summed E-state index contributed by atoms with van der Waals surface area (Å²) in [6, 6.07) is 16.8. The van der Waals surface area contributed by atoms with Gasteiger partial charge in [0.05, 0.1) is 25.7 Å². The summed E-state index contributed by atoms with van der Waals surface area (Å²) in [5, 5.41) is 3.06. The van der Waals surface area contributed by atoms with Crippen molar-refractivity contribution in [3.05, 3.63) is 54.1 Å². The summed E-state index contributed by atoms with van der Waals surface area (Å²) in [6.45, 7) is 3.69. The zero-order valence-electron chi connectivity index (χ0n) is 17.1. The van der Waals surface area contributed by atoms with Gasteiger partial charge in [-0.05, 0) is 30.2 Å². The number of fused-ring (bicyclic) bond motifs is 3. The molecule has 2 aliphatic rings. The number of carbonyl (C=O) groups excluding carboxylic acids is 1. The number of hydrogen-bond acceptors (Lipinski definition) is 5. The van der Waals surface area contributed by atoms with Gasteiger partial charge in [-0.2, -0.15) is 0 Å². The smallest absolute Gasteiger partial charge is 0.225 e. The van der Waals surface area contributed by atoms with Gasteiger partial charge < -0.3 is 24.6 Å². The van der Waals surface area contributed by atoms with Crippen LogP contribution < -0.4 is 19.9 Å². The number of ether oxygens (including phenoxy) is 2. The summed E-state index contributed by atoms with van der Waals surface area (Å²) >= 11 is 0. The number of methoxy groups -OCH3 is 2. The second-order valence-electron chi connectivity index (χ2n) is 7.63. The van der Waals surface area contributed by atoms with E-state index >= 15 is 0 Å². The third kappa shape index (κ3) is 4.03. The highest BCUT2D eigenvalue weighted by Crippen LogP contribution is 2.38. The molecule has 1 fully saturated rings. The number of nitrogens with zero attached hydrogens (tertiary/aromatic N) is 2. The minimum Gasteiger partial charge on any atom is -0.497 e. The van der Waals surface area contributed by atoms with Gasteiger partial charge in [0.25, 0.3) is 0 Å². The Hall–Kier alpha value is -2.73. The standard InChI is InChI=1S/C23H29N3O3/c1-28-13-10-24-23(27)20-14-17-8-9-19(29-2)15-21(17)26-12-11-25(16-22(20)26)18-6-4-3-5-7-18/h3-9,15,20,22H,10-14,16H2,1-2H3,(H,24,27)/t20-,22+/m1/s1. The van der Waals surface area contributed by atoms with E-state index in [0.717, 1.165) is 31.8 Å². The summed E-state index contributed by atoms with van der Waals surface area (Å²) in [7, 11) is 3.35. The van der Waals surface area contributed by atoms with Crippen molar-refractivity contribution in [3.8, 4) is 5.75 Å². The summed E-state index contributed by atoms with van der Waals surface area (Å²) in [5.74, 6) is 0.865. The quantitative estimate of drug-likeness (QED) is 0.761. The summed E-state index contributed by atoms with van der Waals surface area (Å²) in [5.41, 5.74) is 3.62. The number of amides is 1. The number of nitrogens with one attached hydrogen (secondary N) is 1. The van der Waals surface area contributed by atoms with Crippen LogP contribution in [0.5, 0.6) is 5.75 Å². The fraction of sp³-hybridized carbons (Fsp3) is 0.435. The summed E-state index contributed by atoms with van der Waals surface area (Å²) < 4.78 is 10.6. The lowest BCUT2D eigenvalue weighted by atomic mass is 9.83. The highest BCUT2D eigenvalue weighted by Gasteiger charge is 2.41. The molecular weight excluding hydrogens is 366 g/mol. The molecule has 2 aromatic carbocycles. The van der Waals surface area contributed by atoms with Crippen LogP contribution >= 0.6 is 0 Å². The van der Waals surface area contributed by atoms with Crippen molar-refractivity contribution in [3.63, 3.8) is 0 Å². The lowest BCUT2D eigenvalue weighted by Gasteiger charge is -2.49. The molecule has 1 N–H and O–H groups in total. The minimum atomic E-state index is -0.0979. The van der Waals surface area contributed by atoms with Crippen LogP contribution in [0.2, 0.25) is 0 Å². The number of anilines is 2. The molecule has 2 heterocycles. The fourth-order valence-electron chi connectivity index (χ4n) is 4.49. The Bertz CT molecular complexity index is 843. The zero-order valence-corrected chi connectivity index (χ0v) is 17.1. The fourth-order valence-corrected chi connectivity index (χ4v) is 4.49. The molecule has 0 saturated carbocycles. The number of carbonyl (C=O) groups is 1. The van der Waals surface area contributed by atoms with Gasteiger partial charge in [0.2, 0.25) is 5.91 Å². The minimum absolute atomic E-state index is 0.0979. The molecule has 1 saturated heterocycles. The SMILES string of the molecule is COCCNC(=O)[C@@H]1Cc2ccc(OC)cc2N2CCN(c3ccccc3)C[C@@H]12.